The van der Waals surface area contributed by atoms with Crippen LogP contribution in [0.25, 0.3) is 0 Å². The molecular formula is C25H25F9O2. The smallest absolute Gasteiger partial charge is 0.399 e. The van der Waals surface area contributed by atoms with Gasteiger partial charge < -0.3 is 9.47 Å². The van der Waals surface area contributed by atoms with Gasteiger partial charge in [0.25, 0.3) is 0 Å². The van der Waals surface area contributed by atoms with Crippen molar-refractivity contribution in [3.63, 3.8) is 0 Å². The molecule has 0 saturated heterocycles. The van der Waals surface area contributed by atoms with E-state index in [1.807, 2.05) is 0 Å². The molecule has 0 heterocycles. The molecule has 0 bridgehead atoms. The van der Waals surface area contributed by atoms with Crippen LogP contribution < -0.4 is 4.74 Å². The minimum atomic E-state index is -5.46. The first kappa shape index (κ1) is 28.1. The SMILES string of the molecule is CCCC1CCC(c2ccc(COC(F)(F)C(F)c3cc(F)c(OC(F)(F)F)c(F)c3)c(F)c2)CC1. The third-order valence-electron chi connectivity index (χ3n) is 6.34. The van der Waals surface area contributed by atoms with Crippen molar-refractivity contribution in [1.82, 2.24) is 0 Å². The van der Waals surface area contributed by atoms with Gasteiger partial charge in [-0.05, 0) is 61.3 Å². The summed E-state index contributed by atoms with van der Waals surface area (Å²) in [5, 5.41) is 0. The minimum Gasteiger partial charge on any atom is -0.399 e. The highest BCUT2D eigenvalue weighted by Gasteiger charge is 2.44. The van der Waals surface area contributed by atoms with Crippen molar-refractivity contribution in [3.8, 4) is 5.75 Å². The molecule has 0 radical (unpaired) electrons. The monoisotopic (exact) mass is 528 g/mol. The molecule has 1 aliphatic rings. The van der Waals surface area contributed by atoms with Gasteiger partial charge in [-0.2, -0.15) is 8.78 Å². The number of benzene rings is 2. The number of rotatable bonds is 9. The lowest BCUT2D eigenvalue weighted by Gasteiger charge is -2.29. The first-order valence-electron chi connectivity index (χ1n) is 11.5. The van der Waals surface area contributed by atoms with Crippen LogP contribution in [0.15, 0.2) is 30.3 Å². The normalized spacial score (nSPS) is 19.8. The van der Waals surface area contributed by atoms with Crippen LogP contribution in [-0.4, -0.2) is 12.5 Å². The first-order chi connectivity index (χ1) is 16.8. The number of hydrogen-bond donors (Lipinski definition) is 0. The Morgan fingerprint density at radius 2 is 1.50 bits per heavy atom. The molecule has 1 aliphatic carbocycles. The highest BCUT2D eigenvalue weighted by Crippen LogP contribution is 2.41. The fourth-order valence-electron chi connectivity index (χ4n) is 4.51. The summed E-state index contributed by atoms with van der Waals surface area (Å²) in [6.07, 6.45) is -7.51. The zero-order valence-corrected chi connectivity index (χ0v) is 19.3. The molecule has 200 valence electrons. The number of ether oxygens (including phenoxy) is 2. The fourth-order valence-corrected chi connectivity index (χ4v) is 4.51. The van der Waals surface area contributed by atoms with Crippen molar-refractivity contribution >= 4 is 0 Å². The van der Waals surface area contributed by atoms with E-state index in [2.05, 4.69) is 16.4 Å². The van der Waals surface area contributed by atoms with Gasteiger partial charge in [-0.1, -0.05) is 31.9 Å². The third kappa shape index (κ3) is 7.08. The topological polar surface area (TPSA) is 18.5 Å². The quantitative estimate of drug-likeness (QED) is 0.303. The van der Waals surface area contributed by atoms with Crippen molar-refractivity contribution < 1.29 is 49.0 Å². The Balaban J connectivity index is 1.65. The minimum absolute atomic E-state index is 0.0588. The van der Waals surface area contributed by atoms with Crippen LogP contribution in [0.2, 0.25) is 0 Å². The summed E-state index contributed by atoms with van der Waals surface area (Å²) in [5.74, 6) is -6.01. The molecule has 36 heavy (non-hydrogen) atoms. The average molecular weight is 528 g/mol. The highest BCUT2D eigenvalue weighted by atomic mass is 19.4. The van der Waals surface area contributed by atoms with Crippen LogP contribution in [0.5, 0.6) is 5.75 Å². The summed E-state index contributed by atoms with van der Waals surface area (Å²) in [4.78, 5) is 0. The van der Waals surface area contributed by atoms with Crippen molar-refractivity contribution in [2.45, 2.75) is 76.6 Å². The van der Waals surface area contributed by atoms with E-state index in [4.69, 9.17) is 0 Å². The molecule has 1 atom stereocenters. The Labute approximate surface area is 202 Å². The van der Waals surface area contributed by atoms with Gasteiger partial charge in [0, 0.05) is 11.1 Å². The standard InChI is InChI=1S/C25H25F9O2/c1-2-3-14-4-6-15(7-5-14)16-8-9-17(19(26)10-16)13-35-24(30,31)23(29)18-11-20(27)22(21(28)12-18)36-25(32,33)34/h8-12,14-15,23H,2-7,13H2,1H3. The van der Waals surface area contributed by atoms with E-state index in [0.717, 1.165) is 44.1 Å². The van der Waals surface area contributed by atoms with E-state index >= 15 is 0 Å². The van der Waals surface area contributed by atoms with Crippen LogP contribution in [0.1, 0.15) is 74.2 Å². The van der Waals surface area contributed by atoms with E-state index in [-0.39, 0.29) is 23.6 Å². The Morgan fingerprint density at radius 1 is 0.889 bits per heavy atom. The van der Waals surface area contributed by atoms with E-state index in [0.29, 0.717) is 5.92 Å². The maximum Gasteiger partial charge on any atom is 0.573 e. The summed E-state index contributed by atoms with van der Waals surface area (Å²) in [6, 6.07) is 3.97. The molecule has 2 aromatic carbocycles. The highest BCUT2D eigenvalue weighted by molar-refractivity contribution is 5.33. The molecule has 1 fully saturated rings. The van der Waals surface area contributed by atoms with Gasteiger partial charge in [0.2, 0.25) is 11.9 Å². The summed E-state index contributed by atoms with van der Waals surface area (Å²) in [5.41, 5.74) is -0.871. The second-order valence-electron chi connectivity index (χ2n) is 8.93. The van der Waals surface area contributed by atoms with Crippen LogP contribution in [0.4, 0.5) is 39.5 Å². The Hall–Kier alpha value is -2.43. The van der Waals surface area contributed by atoms with E-state index in [1.54, 1.807) is 6.07 Å². The Kier molecular flexibility index (Phi) is 8.84. The van der Waals surface area contributed by atoms with Crippen LogP contribution in [0.3, 0.4) is 0 Å². The van der Waals surface area contributed by atoms with E-state index < -0.39 is 54.0 Å². The lowest BCUT2D eigenvalue weighted by Crippen LogP contribution is -2.28. The Morgan fingerprint density at radius 3 is 2.03 bits per heavy atom. The predicted molar refractivity (Wildman–Crippen MR) is 113 cm³/mol. The number of alkyl halides is 6. The van der Waals surface area contributed by atoms with Gasteiger partial charge in [0.05, 0.1) is 6.61 Å². The van der Waals surface area contributed by atoms with Gasteiger partial charge in [0.15, 0.2) is 11.6 Å². The van der Waals surface area contributed by atoms with Crippen molar-refractivity contribution in [2.75, 3.05) is 0 Å². The summed E-state index contributed by atoms with van der Waals surface area (Å²) in [6.45, 7) is 1.07. The average Bonchev–Trinajstić information content (AvgIpc) is 2.80. The second kappa shape index (κ2) is 11.3. The molecule has 0 aliphatic heterocycles. The van der Waals surface area contributed by atoms with Crippen LogP contribution in [0, 0.1) is 23.4 Å². The van der Waals surface area contributed by atoms with Crippen molar-refractivity contribution in [3.05, 3.63) is 64.5 Å². The molecular weight excluding hydrogens is 503 g/mol. The van der Waals surface area contributed by atoms with E-state index in [1.165, 1.54) is 12.1 Å². The van der Waals surface area contributed by atoms with Gasteiger partial charge >= 0.3 is 12.5 Å². The molecule has 1 saturated carbocycles. The molecule has 2 nitrogen and oxygen atoms in total. The van der Waals surface area contributed by atoms with Gasteiger partial charge in [-0.25, -0.2) is 17.6 Å². The lowest BCUT2D eigenvalue weighted by atomic mass is 9.77. The molecule has 2 aromatic rings. The third-order valence-corrected chi connectivity index (χ3v) is 6.34. The molecule has 3 rings (SSSR count). The fraction of sp³-hybridized carbons (Fsp3) is 0.520. The van der Waals surface area contributed by atoms with Gasteiger partial charge in [-0.15, -0.1) is 13.2 Å². The number of hydrogen-bond acceptors (Lipinski definition) is 2. The summed E-state index contributed by atoms with van der Waals surface area (Å²) >= 11 is 0. The van der Waals surface area contributed by atoms with Crippen LogP contribution >= 0.6 is 0 Å². The maximum atomic E-state index is 14.6. The molecule has 0 spiro atoms. The molecule has 11 heteroatoms. The van der Waals surface area contributed by atoms with Crippen LogP contribution in [-0.2, 0) is 11.3 Å². The second-order valence-corrected chi connectivity index (χ2v) is 8.93. The number of halogens is 9. The zero-order chi connectivity index (χ0) is 26.7. The molecule has 0 amide bonds. The van der Waals surface area contributed by atoms with Crippen molar-refractivity contribution in [2.24, 2.45) is 5.92 Å². The Bertz CT molecular complexity index is 1010. The lowest BCUT2D eigenvalue weighted by molar-refractivity contribution is -0.283. The maximum absolute atomic E-state index is 14.6. The zero-order valence-electron chi connectivity index (χ0n) is 19.3. The predicted octanol–water partition coefficient (Wildman–Crippen LogP) is 8.90. The molecule has 0 aromatic heterocycles. The molecule has 1 unspecified atom stereocenters. The van der Waals surface area contributed by atoms with Gasteiger partial charge in [0.1, 0.15) is 5.82 Å². The summed E-state index contributed by atoms with van der Waals surface area (Å²) in [7, 11) is 0. The largest absolute Gasteiger partial charge is 0.573 e. The van der Waals surface area contributed by atoms with Gasteiger partial charge in [-0.3, -0.25) is 0 Å². The first-order valence-corrected chi connectivity index (χ1v) is 11.5. The van der Waals surface area contributed by atoms with Crippen molar-refractivity contribution in [1.29, 1.82) is 0 Å². The van der Waals surface area contributed by atoms with E-state index in [9.17, 15) is 39.5 Å². The summed E-state index contributed by atoms with van der Waals surface area (Å²) < 4.78 is 129. The molecule has 0 N–H and O–H groups in total.